The lowest BCUT2D eigenvalue weighted by molar-refractivity contribution is 0.00840. The summed E-state index contributed by atoms with van der Waals surface area (Å²) >= 11 is 5.94. The minimum Gasteiger partial charge on any atom is -0.392 e. The van der Waals surface area contributed by atoms with E-state index in [0.717, 1.165) is 18.4 Å². The first kappa shape index (κ1) is 12.8. The average Bonchev–Trinajstić information content (AvgIpc) is 2.34. The molecule has 1 fully saturated rings. The predicted octanol–water partition coefficient (Wildman–Crippen LogP) is 2.81. The molecule has 1 unspecified atom stereocenters. The van der Waals surface area contributed by atoms with Crippen molar-refractivity contribution in [1.29, 1.82) is 0 Å². The highest BCUT2D eigenvalue weighted by Crippen LogP contribution is 2.25. The number of hydrogen-bond donors (Lipinski definition) is 1. The first-order chi connectivity index (χ1) is 8.16. The second-order valence-corrected chi connectivity index (χ2v) is 4.86. The summed E-state index contributed by atoms with van der Waals surface area (Å²) in [5.41, 5.74) is 0.798. The highest BCUT2D eigenvalue weighted by atomic mass is 35.5. The maximum atomic E-state index is 12.9. The number of aliphatic hydroxyl groups is 1. The van der Waals surface area contributed by atoms with Gasteiger partial charge in [-0.05, 0) is 36.5 Å². The van der Waals surface area contributed by atoms with Gasteiger partial charge in [0.25, 0.3) is 0 Å². The first-order valence-corrected chi connectivity index (χ1v) is 6.24. The number of aliphatic hydroxyl groups excluding tert-OH is 1. The lowest BCUT2D eigenvalue weighted by Crippen LogP contribution is -2.29. The number of rotatable bonds is 3. The monoisotopic (exact) mass is 258 g/mol. The highest BCUT2D eigenvalue weighted by Gasteiger charge is 2.22. The molecule has 4 heteroatoms. The third-order valence-corrected chi connectivity index (χ3v) is 3.61. The molecule has 0 bridgehead atoms. The van der Waals surface area contributed by atoms with Crippen molar-refractivity contribution < 1.29 is 14.2 Å². The molecule has 0 radical (unpaired) electrons. The third-order valence-electron chi connectivity index (χ3n) is 3.25. The zero-order chi connectivity index (χ0) is 12.3. The van der Waals surface area contributed by atoms with E-state index >= 15 is 0 Å². The summed E-state index contributed by atoms with van der Waals surface area (Å²) in [7, 11) is 0. The van der Waals surface area contributed by atoms with Crippen LogP contribution in [0.25, 0.3) is 0 Å². The van der Waals surface area contributed by atoms with Crippen molar-refractivity contribution in [1.82, 2.24) is 0 Å². The summed E-state index contributed by atoms with van der Waals surface area (Å²) in [5.74, 6) is -0.0934. The maximum absolute atomic E-state index is 12.9. The Morgan fingerprint density at radius 1 is 1.41 bits per heavy atom. The Labute approximate surface area is 105 Å². The van der Waals surface area contributed by atoms with Crippen molar-refractivity contribution in [3.8, 4) is 0 Å². The van der Waals surface area contributed by atoms with Crippen LogP contribution in [-0.4, -0.2) is 24.4 Å². The van der Waals surface area contributed by atoms with E-state index in [1.54, 1.807) is 6.07 Å². The molecule has 1 aliphatic heterocycles. The molecule has 0 saturated carbocycles. The molecule has 0 amide bonds. The number of hydrogen-bond acceptors (Lipinski definition) is 2. The van der Waals surface area contributed by atoms with Crippen molar-refractivity contribution in [2.45, 2.75) is 25.4 Å². The summed E-state index contributed by atoms with van der Waals surface area (Å²) in [6, 6.07) is 4.30. The molecule has 2 rings (SSSR count). The minimum absolute atomic E-state index is 0.255. The van der Waals surface area contributed by atoms with E-state index in [1.807, 2.05) is 0 Å². The normalized spacial score (nSPS) is 19.2. The Morgan fingerprint density at radius 2 is 2.12 bits per heavy atom. The van der Waals surface area contributed by atoms with Crippen LogP contribution < -0.4 is 0 Å². The fourth-order valence-electron chi connectivity index (χ4n) is 2.18. The van der Waals surface area contributed by atoms with Crippen molar-refractivity contribution in [3.05, 3.63) is 34.6 Å². The Hall–Kier alpha value is -0.640. The molecule has 1 heterocycles. The van der Waals surface area contributed by atoms with E-state index in [9.17, 15) is 9.50 Å². The van der Waals surface area contributed by atoms with Crippen molar-refractivity contribution in [2.75, 3.05) is 13.2 Å². The number of halogens is 2. The molecular formula is C13H16ClFO2. The van der Waals surface area contributed by atoms with E-state index in [1.165, 1.54) is 12.1 Å². The molecule has 0 aliphatic carbocycles. The quantitative estimate of drug-likeness (QED) is 0.903. The molecule has 1 aliphatic rings. The van der Waals surface area contributed by atoms with Crippen LogP contribution in [0.2, 0.25) is 5.02 Å². The van der Waals surface area contributed by atoms with Crippen LogP contribution in [0.15, 0.2) is 18.2 Å². The first-order valence-electron chi connectivity index (χ1n) is 5.86. The Morgan fingerprint density at radius 3 is 2.76 bits per heavy atom. The standard InChI is InChI=1S/C13H16ClFO2/c14-12-8-11(15)2-1-10(12)7-13(16)9-3-5-17-6-4-9/h1-2,8-9,13,16H,3-7H2. The Bertz CT molecular complexity index is 378. The predicted molar refractivity (Wildman–Crippen MR) is 64.7 cm³/mol. The lowest BCUT2D eigenvalue weighted by atomic mass is 9.90. The van der Waals surface area contributed by atoms with Gasteiger partial charge in [0.2, 0.25) is 0 Å². The summed E-state index contributed by atoms with van der Waals surface area (Å²) in [4.78, 5) is 0. The topological polar surface area (TPSA) is 29.5 Å². The SMILES string of the molecule is OC(Cc1ccc(F)cc1Cl)C1CCOCC1. The molecule has 1 N–H and O–H groups in total. The van der Waals surface area contributed by atoms with Crippen LogP contribution in [0, 0.1) is 11.7 Å². The molecule has 1 saturated heterocycles. The Kier molecular flexibility index (Phi) is 4.37. The van der Waals surface area contributed by atoms with Gasteiger partial charge in [-0.15, -0.1) is 0 Å². The van der Waals surface area contributed by atoms with Gasteiger partial charge in [-0.1, -0.05) is 17.7 Å². The van der Waals surface area contributed by atoms with Crippen molar-refractivity contribution >= 4 is 11.6 Å². The van der Waals surface area contributed by atoms with Crippen LogP contribution in [0.4, 0.5) is 4.39 Å². The van der Waals surface area contributed by atoms with Gasteiger partial charge in [0.15, 0.2) is 0 Å². The summed E-state index contributed by atoms with van der Waals surface area (Å²) in [5, 5.41) is 10.5. The van der Waals surface area contributed by atoms with Crippen LogP contribution in [-0.2, 0) is 11.2 Å². The third kappa shape index (κ3) is 3.41. The molecule has 94 valence electrons. The van der Waals surface area contributed by atoms with Crippen LogP contribution in [0.3, 0.4) is 0 Å². The largest absolute Gasteiger partial charge is 0.392 e. The zero-order valence-corrected chi connectivity index (χ0v) is 10.3. The maximum Gasteiger partial charge on any atom is 0.124 e. The van der Waals surface area contributed by atoms with Gasteiger partial charge >= 0.3 is 0 Å². The van der Waals surface area contributed by atoms with Crippen molar-refractivity contribution in [3.63, 3.8) is 0 Å². The minimum atomic E-state index is -0.429. The average molecular weight is 259 g/mol. The second kappa shape index (κ2) is 5.80. The molecule has 0 spiro atoms. The van der Waals surface area contributed by atoms with Gasteiger partial charge < -0.3 is 9.84 Å². The molecular weight excluding hydrogens is 243 g/mol. The molecule has 17 heavy (non-hydrogen) atoms. The van der Waals surface area contributed by atoms with Gasteiger partial charge in [0.1, 0.15) is 5.82 Å². The van der Waals surface area contributed by atoms with Crippen molar-refractivity contribution in [2.24, 2.45) is 5.92 Å². The van der Waals surface area contributed by atoms with Crippen LogP contribution >= 0.6 is 11.6 Å². The molecule has 0 aromatic heterocycles. The molecule has 2 nitrogen and oxygen atoms in total. The van der Waals surface area contributed by atoms with Crippen LogP contribution in [0.1, 0.15) is 18.4 Å². The van der Waals surface area contributed by atoms with E-state index in [0.29, 0.717) is 24.7 Å². The summed E-state index contributed by atoms with van der Waals surface area (Å²) in [6.07, 6.45) is 1.80. The highest BCUT2D eigenvalue weighted by molar-refractivity contribution is 6.31. The van der Waals surface area contributed by atoms with Gasteiger partial charge in [-0.2, -0.15) is 0 Å². The van der Waals surface area contributed by atoms with Gasteiger partial charge in [0, 0.05) is 24.7 Å². The molecule has 1 aromatic rings. The van der Waals surface area contributed by atoms with Gasteiger partial charge in [-0.25, -0.2) is 4.39 Å². The Balaban J connectivity index is 1.99. The summed E-state index contributed by atoms with van der Waals surface area (Å²) in [6.45, 7) is 1.41. The second-order valence-electron chi connectivity index (χ2n) is 4.46. The smallest absolute Gasteiger partial charge is 0.124 e. The zero-order valence-electron chi connectivity index (χ0n) is 9.53. The number of benzene rings is 1. The van der Waals surface area contributed by atoms with E-state index < -0.39 is 6.10 Å². The summed E-state index contributed by atoms with van der Waals surface area (Å²) < 4.78 is 18.1. The van der Waals surface area contributed by atoms with Gasteiger partial charge in [0.05, 0.1) is 6.10 Å². The lowest BCUT2D eigenvalue weighted by Gasteiger charge is -2.27. The van der Waals surface area contributed by atoms with E-state index in [-0.39, 0.29) is 11.7 Å². The number of ether oxygens (including phenoxy) is 1. The molecule has 1 aromatic carbocycles. The van der Waals surface area contributed by atoms with Crippen LogP contribution in [0.5, 0.6) is 0 Å². The molecule has 1 atom stereocenters. The fraction of sp³-hybridized carbons (Fsp3) is 0.538. The van der Waals surface area contributed by atoms with E-state index in [2.05, 4.69) is 0 Å². The fourth-order valence-corrected chi connectivity index (χ4v) is 2.42. The van der Waals surface area contributed by atoms with Gasteiger partial charge in [-0.3, -0.25) is 0 Å². The van der Waals surface area contributed by atoms with E-state index in [4.69, 9.17) is 16.3 Å².